The van der Waals surface area contributed by atoms with Gasteiger partial charge in [0, 0.05) is 17.7 Å². The van der Waals surface area contributed by atoms with Crippen molar-refractivity contribution in [1.82, 2.24) is 0 Å². The van der Waals surface area contributed by atoms with E-state index in [0.29, 0.717) is 17.0 Å². The Labute approximate surface area is 139 Å². The fraction of sp³-hybridized carbons (Fsp3) is 0.105. The topological polar surface area (TPSA) is 60.2 Å². The van der Waals surface area contributed by atoms with Crippen molar-refractivity contribution in [3.8, 4) is 5.75 Å². The number of fused-ring (bicyclic) bond motifs is 1. The quantitative estimate of drug-likeness (QED) is 0.644. The number of ether oxygens (including phenoxy) is 2. The van der Waals surface area contributed by atoms with E-state index >= 15 is 0 Å². The summed E-state index contributed by atoms with van der Waals surface area (Å²) in [6.07, 6.45) is 3.59. The lowest BCUT2D eigenvalue weighted by molar-refractivity contribution is -0.130. The third-order valence-corrected chi connectivity index (χ3v) is 3.94. The van der Waals surface area contributed by atoms with E-state index in [1.165, 1.54) is 0 Å². The van der Waals surface area contributed by atoms with Crippen LogP contribution in [0.3, 0.4) is 0 Å². The summed E-state index contributed by atoms with van der Waals surface area (Å²) in [6, 6.07) is 15.1. The van der Waals surface area contributed by atoms with Gasteiger partial charge in [0.2, 0.25) is 5.90 Å². The molecule has 2 aromatic rings. The summed E-state index contributed by atoms with van der Waals surface area (Å²) < 4.78 is 10.5. The molecular weight excluding hydrogens is 304 g/mol. The molecule has 0 bridgehead atoms. The van der Waals surface area contributed by atoms with E-state index in [4.69, 9.17) is 9.47 Å². The number of para-hydroxylation sites is 1. The summed E-state index contributed by atoms with van der Waals surface area (Å²) in [5.41, 5.74) is 2.97. The van der Waals surface area contributed by atoms with Gasteiger partial charge in [-0.05, 0) is 35.9 Å². The average molecular weight is 318 g/mol. The van der Waals surface area contributed by atoms with Gasteiger partial charge in [-0.1, -0.05) is 24.3 Å². The molecule has 0 saturated heterocycles. The van der Waals surface area contributed by atoms with Crippen molar-refractivity contribution >= 4 is 23.8 Å². The predicted molar refractivity (Wildman–Crippen MR) is 91.0 cm³/mol. The Balaban J connectivity index is 1.66. The highest BCUT2D eigenvalue weighted by molar-refractivity contribution is 6.11. The van der Waals surface area contributed by atoms with Gasteiger partial charge in [0.25, 0.3) is 0 Å². The number of carbonyl (C=O) groups is 1. The molecule has 0 spiro atoms. The molecule has 2 aliphatic heterocycles. The van der Waals surface area contributed by atoms with Gasteiger partial charge in [-0.25, -0.2) is 9.79 Å². The van der Waals surface area contributed by atoms with Gasteiger partial charge >= 0.3 is 5.97 Å². The Morgan fingerprint density at radius 1 is 1.17 bits per heavy atom. The Morgan fingerprint density at radius 3 is 2.92 bits per heavy atom. The van der Waals surface area contributed by atoms with Crippen molar-refractivity contribution < 1.29 is 14.3 Å². The Hall–Kier alpha value is -3.21. The fourth-order valence-corrected chi connectivity index (χ4v) is 2.73. The third-order valence-electron chi connectivity index (χ3n) is 3.94. The molecule has 2 aromatic carbocycles. The lowest BCUT2D eigenvalue weighted by Gasteiger charge is -2.03. The van der Waals surface area contributed by atoms with Crippen LogP contribution in [-0.2, 0) is 9.53 Å². The van der Waals surface area contributed by atoms with Gasteiger partial charge in [0.15, 0.2) is 0 Å². The predicted octanol–water partition coefficient (Wildman–Crippen LogP) is 3.38. The van der Waals surface area contributed by atoms with Crippen LogP contribution in [0.1, 0.15) is 17.0 Å². The van der Waals surface area contributed by atoms with Crippen molar-refractivity contribution in [2.24, 2.45) is 9.98 Å². The minimum absolute atomic E-state index is 0.0721. The molecule has 0 radical (unpaired) electrons. The fourth-order valence-electron chi connectivity index (χ4n) is 2.73. The number of carbonyl (C=O) groups excluding carboxylic acids is 1. The summed E-state index contributed by atoms with van der Waals surface area (Å²) in [7, 11) is 1.59. The molecule has 2 aliphatic rings. The lowest BCUT2D eigenvalue weighted by atomic mass is 10.00. The molecule has 1 atom stereocenters. The number of esters is 1. The highest BCUT2D eigenvalue weighted by Gasteiger charge is 2.27. The maximum atomic E-state index is 12.1. The van der Waals surface area contributed by atoms with Crippen LogP contribution in [0.4, 0.5) is 5.69 Å². The van der Waals surface area contributed by atoms with Crippen LogP contribution in [0.15, 0.2) is 70.3 Å². The molecule has 24 heavy (non-hydrogen) atoms. The zero-order valence-electron chi connectivity index (χ0n) is 13.0. The Kier molecular flexibility index (Phi) is 3.46. The zero-order valence-corrected chi connectivity index (χ0v) is 13.0. The van der Waals surface area contributed by atoms with E-state index < -0.39 is 5.97 Å². The molecule has 0 aromatic heterocycles. The van der Waals surface area contributed by atoms with Gasteiger partial charge in [-0.2, -0.15) is 0 Å². The minimum Gasteiger partial charge on any atom is -0.497 e. The Morgan fingerprint density at radius 2 is 2.04 bits per heavy atom. The molecule has 2 heterocycles. The van der Waals surface area contributed by atoms with E-state index in [9.17, 15) is 4.79 Å². The highest BCUT2D eigenvalue weighted by Crippen LogP contribution is 2.34. The van der Waals surface area contributed by atoms with Gasteiger partial charge in [-0.15, -0.1) is 0 Å². The standard InChI is InChI=1S/C19H14N2O3/c1-23-14-6-4-5-12(9-14)18-21-17(19(22)24-18)10-13-11-20-16-8-3-2-7-15(13)16/h2-11,13H,1H3. The first-order valence-corrected chi connectivity index (χ1v) is 7.55. The minimum atomic E-state index is -0.453. The summed E-state index contributed by atoms with van der Waals surface area (Å²) in [4.78, 5) is 20.8. The van der Waals surface area contributed by atoms with Crippen LogP contribution in [0, 0.1) is 0 Å². The number of allylic oxidation sites excluding steroid dienone is 1. The lowest BCUT2D eigenvalue weighted by Crippen LogP contribution is -2.06. The molecule has 1 unspecified atom stereocenters. The molecule has 0 saturated carbocycles. The van der Waals surface area contributed by atoms with Gasteiger partial charge in [0.1, 0.15) is 11.4 Å². The van der Waals surface area contributed by atoms with Crippen molar-refractivity contribution in [3.05, 3.63) is 71.4 Å². The summed E-state index contributed by atoms with van der Waals surface area (Å²) >= 11 is 0. The zero-order chi connectivity index (χ0) is 16.5. The van der Waals surface area contributed by atoms with Crippen molar-refractivity contribution in [3.63, 3.8) is 0 Å². The molecule has 4 rings (SSSR count). The molecule has 5 heteroatoms. The number of hydrogen-bond donors (Lipinski definition) is 0. The Bertz CT molecular complexity index is 912. The van der Waals surface area contributed by atoms with Crippen molar-refractivity contribution in [2.45, 2.75) is 5.92 Å². The molecule has 0 fully saturated rings. The number of methoxy groups -OCH3 is 1. The van der Waals surface area contributed by atoms with Gasteiger partial charge in [-0.3, -0.25) is 4.99 Å². The number of cyclic esters (lactones) is 1. The molecule has 5 nitrogen and oxygen atoms in total. The number of benzene rings is 2. The van der Waals surface area contributed by atoms with Crippen molar-refractivity contribution in [1.29, 1.82) is 0 Å². The second-order valence-electron chi connectivity index (χ2n) is 5.45. The number of hydrogen-bond acceptors (Lipinski definition) is 5. The second kappa shape index (κ2) is 5.77. The molecule has 0 amide bonds. The summed E-state index contributed by atoms with van der Waals surface area (Å²) in [5, 5.41) is 0. The van der Waals surface area contributed by atoms with E-state index in [0.717, 1.165) is 11.3 Å². The summed E-state index contributed by atoms with van der Waals surface area (Å²) in [5.74, 6) is 0.441. The van der Waals surface area contributed by atoms with Gasteiger partial charge < -0.3 is 9.47 Å². The van der Waals surface area contributed by atoms with E-state index in [-0.39, 0.29) is 11.8 Å². The van der Waals surface area contributed by atoms with Crippen LogP contribution in [0.5, 0.6) is 5.75 Å². The van der Waals surface area contributed by atoms with Crippen LogP contribution in [0.25, 0.3) is 0 Å². The monoisotopic (exact) mass is 318 g/mol. The first kappa shape index (κ1) is 14.4. The number of rotatable bonds is 3. The van der Waals surface area contributed by atoms with Gasteiger partial charge in [0.05, 0.1) is 12.8 Å². The number of aliphatic imine (C=N–C) groups is 2. The second-order valence-corrected chi connectivity index (χ2v) is 5.45. The van der Waals surface area contributed by atoms with Crippen LogP contribution in [0.2, 0.25) is 0 Å². The largest absolute Gasteiger partial charge is 0.497 e. The van der Waals surface area contributed by atoms with Crippen LogP contribution < -0.4 is 4.74 Å². The summed E-state index contributed by atoms with van der Waals surface area (Å²) in [6.45, 7) is 0. The van der Waals surface area contributed by atoms with E-state index in [1.807, 2.05) is 48.7 Å². The molecule has 118 valence electrons. The third kappa shape index (κ3) is 2.50. The van der Waals surface area contributed by atoms with Crippen LogP contribution >= 0.6 is 0 Å². The first-order chi connectivity index (χ1) is 11.7. The first-order valence-electron chi connectivity index (χ1n) is 7.55. The molecular formula is C19H14N2O3. The van der Waals surface area contributed by atoms with Crippen molar-refractivity contribution in [2.75, 3.05) is 7.11 Å². The van der Waals surface area contributed by atoms with E-state index in [1.54, 1.807) is 19.3 Å². The SMILES string of the molecule is COc1cccc(C2=NC(=CC3C=Nc4ccccc43)C(=O)O2)c1. The number of nitrogens with zero attached hydrogens (tertiary/aromatic N) is 2. The highest BCUT2D eigenvalue weighted by atomic mass is 16.6. The normalized spacial score (nSPS) is 20.0. The molecule has 0 aliphatic carbocycles. The van der Waals surface area contributed by atoms with Crippen LogP contribution in [-0.4, -0.2) is 25.2 Å². The molecule has 0 N–H and O–H groups in total. The van der Waals surface area contributed by atoms with E-state index in [2.05, 4.69) is 9.98 Å². The average Bonchev–Trinajstić information content (AvgIpc) is 3.20. The smallest absolute Gasteiger partial charge is 0.363 e. The maximum absolute atomic E-state index is 12.1. The maximum Gasteiger partial charge on any atom is 0.363 e.